The topological polar surface area (TPSA) is 72.5 Å². The largest absolute Gasteiger partial charge is 0.384 e. The first-order chi connectivity index (χ1) is 7.80. The van der Waals surface area contributed by atoms with Crippen molar-refractivity contribution in [2.45, 2.75) is 10.2 Å². The van der Waals surface area contributed by atoms with E-state index in [1.807, 2.05) is 0 Å². The molecule has 0 heterocycles. The number of aliphatic imine (C=N–C) groups is 1. The van der Waals surface area contributed by atoms with Crippen LogP contribution in [0.2, 0.25) is 0 Å². The molecule has 0 aromatic carbocycles. The summed E-state index contributed by atoms with van der Waals surface area (Å²) in [5, 5.41) is 0. The molecule has 1 aliphatic rings. The Morgan fingerprint density at radius 1 is 1.24 bits per heavy atom. The molecule has 0 saturated heterocycles. The van der Waals surface area contributed by atoms with Crippen LogP contribution in [0.4, 0.5) is 0 Å². The van der Waals surface area contributed by atoms with Gasteiger partial charge in [0.2, 0.25) is 15.4 Å². The van der Waals surface area contributed by atoms with Gasteiger partial charge in [-0.05, 0) is 24.1 Å². The quantitative estimate of drug-likeness (QED) is 0.283. The maximum atomic E-state index is 11.1. The van der Waals surface area contributed by atoms with Crippen molar-refractivity contribution in [3.63, 3.8) is 0 Å². The monoisotopic (exact) mass is 294 g/mol. The van der Waals surface area contributed by atoms with Crippen LogP contribution in [0, 0.1) is 0 Å². The Morgan fingerprint density at radius 3 is 2.41 bits per heavy atom. The standard InChI is InChI=1S/C10H9Cl3N2O2/c11-10(12,13)9(14)15-4-3-6-1-2-7(16)8(17)5-6/h1-2,5H,3-4H2,(H2,14,15). The molecule has 92 valence electrons. The number of alkyl halides is 3. The van der Waals surface area contributed by atoms with Crippen LogP contribution in [-0.2, 0) is 9.59 Å². The third-order valence-corrected chi connectivity index (χ3v) is 2.56. The molecule has 0 bridgehead atoms. The smallest absolute Gasteiger partial charge is 0.247 e. The molecule has 0 fully saturated rings. The molecule has 17 heavy (non-hydrogen) atoms. The van der Waals surface area contributed by atoms with Gasteiger partial charge in [0.1, 0.15) is 5.84 Å². The SMILES string of the molecule is NC(=NCCC1=CC(=O)C(=O)C=C1)C(Cl)(Cl)Cl. The van der Waals surface area contributed by atoms with Crippen molar-refractivity contribution in [1.29, 1.82) is 0 Å². The van der Waals surface area contributed by atoms with Crippen LogP contribution in [0.25, 0.3) is 0 Å². The molecule has 1 rings (SSSR count). The van der Waals surface area contributed by atoms with E-state index >= 15 is 0 Å². The molecule has 0 spiro atoms. The minimum Gasteiger partial charge on any atom is -0.384 e. The molecule has 1 aliphatic carbocycles. The average molecular weight is 296 g/mol. The zero-order valence-electron chi connectivity index (χ0n) is 8.62. The van der Waals surface area contributed by atoms with Crippen LogP contribution in [0.1, 0.15) is 6.42 Å². The number of ketones is 2. The van der Waals surface area contributed by atoms with E-state index in [4.69, 9.17) is 40.5 Å². The Kier molecular flexibility index (Phi) is 4.74. The van der Waals surface area contributed by atoms with Gasteiger partial charge < -0.3 is 5.73 Å². The fraction of sp³-hybridized carbons (Fsp3) is 0.300. The van der Waals surface area contributed by atoms with Gasteiger partial charge in [0.15, 0.2) is 0 Å². The Balaban J connectivity index is 2.54. The van der Waals surface area contributed by atoms with Crippen LogP contribution < -0.4 is 5.73 Å². The van der Waals surface area contributed by atoms with Crippen LogP contribution in [0.3, 0.4) is 0 Å². The summed E-state index contributed by atoms with van der Waals surface area (Å²) >= 11 is 16.5. The highest BCUT2D eigenvalue weighted by Gasteiger charge is 2.24. The predicted octanol–water partition coefficient (Wildman–Crippen LogP) is 1.74. The highest BCUT2D eigenvalue weighted by atomic mass is 35.6. The van der Waals surface area contributed by atoms with E-state index in [2.05, 4.69) is 4.99 Å². The van der Waals surface area contributed by atoms with Crippen LogP contribution >= 0.6 is 34.8 Å². The number of nitrogens with zero attached hydrogens (tertiary/aromatic N) is 1. The minimum atomic E-state index is -1.72. The third-order valence-electron chi connectivity index (χ3n) is 1.98. The summed E-state index contributed by atoms with van der Waals surface area (Å²) in [6.07, 6.45) is 4.49. The van der Waals surface area contributed by atoms with Gasteiger partial charge in [0.05, 0.1) is 0 Å². The predicted molar refractivity (Wildman–Crippen MR) is 68.6 cm³/mol. The van der Waals surface area contributed by atoms with Crippen molar-refractivity contribution >= 4 is 52.2 Å². The van der Waals surface area contributed by atoms with Crippen molar-refractivity contribution in [3.05, 3.63) is 23.8 Å². The van der Waals surface area contributed by atoms with E-state index < -0.39 is 15.4 Å². The Morgan fingerprint density at radius 2 is 1.88 bits per heavy atom. The summed E-state index contributed by atoms with van der Waals surface area (Å²) in [5.41, 5.74) is 6.10. The van der Waals surface area contributed by atoms with Crippen LogP contribution in [-0.4, -0.2) is 27.7 Å². The fourth-order valence-corrected chi connectivity index (χ4v) is 1.28. The second-order valence-corrected chi connectivity index (χ2v) is 5.58. The maximum absolute atomic E-state index is 11.1. The van der Waals surface area contributed by atoms with Crippen molar-refractivity contribution in [1.82, 2.24) is 0 Å². The second kappa shape index (κ2) is 5.67. The number of allylic oxidation sites excluding steroid dienone is 3. The first-order valence-corrected chi connectivity index (χ1v) is 5.78. The number of carbonyl (C=O) groups excluding carboxylic acids is 2. The van der Waals surface area contributed by atoms with Gasteiger partial charge in [0, 0.05) is 6.54 Å². The molecule has 0 unspecified atom stereocenters. The minimum absolute atomic E-state index is 0.106. The Labute approximate surface area is 113 Å². The molecule has 0 aliphatic heterocycles. The summed E-state index contributed by atoms with van der Waals surface area (Å²) in [4.78, 5) is 25.8. The number of carbonyl (C=O) groups is 2. The van der Waals surface area contributed by atoms with Crippen LogP contribution in [0.15, 0.2) is 28.8 Å². The van der Waals surface area contributed by atoms with E-state index in [1.165, 1.54) is 12.2 Å². The van der Waals surface area contributed by atoms with Gasteiger partial charge >= 0.3 is 0 Å². The van der Waals surface area contributed by atoms with Gasteiger partial charge in [-0.3, -0.25) is 14.6 Å². The number of nitrogens with two attached hydrogens (primary N) is 1. The second-order valence-electron chi connectivity index (χ2n) is 3.30. The molecule has 0 aromatic rings. The zero-order valence-corrected chi connectivity index (χ0v) is 10.9. The number of halogens is 3. The maximum Gasteiger partial charge on any atom is 0.247 e. The van der Waals surface area contributed by atoms with Crippen molar-refractivity contribution < 1.29 is 9.59 Å². The number of rotatable bonds is 3. The lowest BCUT2D eigenvalue weighted by atomic mass is 10.0. The summed E-state index contributed by atoms with van der Waals surface area (Å²) in [6, 6.07) is 0. The first-order valence-electron chi connectivity index (χ1n) is 4.65. The van der Waals surface area contributed by atoms with Crippen molar-refractivity contribution in [2.75, 3.05) is 6.54 Å². The van der Waals surface area contributed by atoms with Gasteiger partial charge in [-0.25, -0.2) is 0 Å². The molecule has 0 radical (unpaired) electrons. The van der Waals surface area contributed by atoms with E-state index in [0.29, 0.717) is 12.0 Å². The molecular weight excluding hydrogens is 286 g/mol. The molecule has 0 aromatic heterocycles. The first kappa shape index (κ1) is 14.2. The molecule has 0 atom stereocenters. The molecule has 0 amide bonds. The van der Waals surface area contributed by atoms with Gasteiger partial charge in [0.25, 0.3) is 0 Å². The van der Waals surface area contributed by atoms with Gasteiger partial charge in [-0.15, -0.1) is 0 Å². The lowest BCUT2D eigenvalue weighted by Crippen LogP contribution is -2.28. The van der Waals surface area contributed by atoms with E-state index in [0.717, 1.165) is 0 Å². The van der Waals surface area contributed by atoms with Gasteiger partial charge in [-0.1, -0.05) is 40.9 Å². The summed E-state index contributed by atoms with van der Waals surface area (Å²) in [5.74, 6) is -1.18. The summed E-state index contributed by atoms with van der Waals surface area (Å²) in [6.45, 7) is 0.275. The number of hydrogen-bond donors (Lipinski definition) is 1. The molecule has 7 heteroatoms. The Bertz CT molecular complexity index is 433. The lowest BCUT2D eigenvalue weighted by Gasteiger charge is -2.10. The van der Waals surface area contributed by atoms with Crippen molar-refractivity contribution in [3.8, 4) is 0 Å². The highest BCUT2D eigenvalue weighted by molar-refractivity contribution is 6.76. The molecule has 4 nitrogen and oxygen atoms in total. The van der Waals surface area contributed by atoms with Crippen molar-refractivity contribution in [2.24, 2.45) is 10.7 Å². The van der Waals surface area contributed by atoms with E-state index in [-0.39, 0.29) is 12.4 Å². The molecule has 2 N–H and O–H groups in total. The zero-order chi connectivity index (χ0) is 13.1. The Hall–Kier alpha value is -0.840. The summed E-state index contributed by atoms with van der Waals surface area (Å²) in [7, 11) is 0. The van der Waals surface area contributed by atoms with E-state index in [1.54, 1.807) is 6.08 Å². The molecule has 0 saturated carbocycles. The summed E-state index contributed by atoms with van der Waals surface area (Å²) < 4.78 is -1.72. The lowest BCUT2D eigenvalue weighted by molar-refractivity contribution is -0.131. The number of hydrogen-bond acceptors (Lipinski definition) is 3. The normalized spacial score (nSPS) is 17.4. The average Bonchev–Trinajstić information content (AvgIpc) is 2.22. The number of amidine groups is 1. The molecular formula is C10H9Cl3N2O2. The third kappa shape index (κ3) is 4.50. The fourth-order valence-electron chi connectivity index (χ4n) is 1.10. The van der Waals surface area contributed by atoms with Gasteiger partial charge in [-0.2, -0.15) is 0 Å². The van der Waals surface area contributed by atoms with Crippen LogP contribution in [0.5, 0.6) is 0 Å². The highest BCUT2D eigenvalue weighted by Crippen LogP contribution is 2.25. The van der Waals surface area contributed by atoms with E-state index in [9.17, 15) is 9.59 Å².